The minimum atomic E-state index is -0.363. The zero-order valence-electron chi connectivity index (χ0n) is 9.34. The van der Waals surface area contributed by atoms with Crippen LogP contribution in [0.4, 0.5) is 0 Å². The van der Waals surface area contributed by atoms with Crippen molar-refractivity contribution in [1.29, 1.82) is 0 Å². The fraction of sp³-hybridized carbons (Fsp3) is 0.308. The number of nitrogens with zero attached hydrogens (tertiary/aromatic N) is 1. The van der Waals surface area contributed by atoms with Crippen LogP contribution in [-0.4, -0.2) is 35.1 Å². The molecule has 0 saturated carbocycles. The van der Waals surface area contributed by atoms with Crippen molar-refractivity contribution in [2.24, 2.45) is 0 Å². The standard InChI is InChI=1S/C13H14BrNO2/c14-11-3-1-2-10(8-11)4-5-13(17)15-7-6-12(16)9-15/h1-5,8,12,16H,6-7,9H2/t12-/m1/s1. The summed E-state index contributed by atoms with van der Waals surface area (Å²) in [6.07, 6.45) is 3.66. The third-order valence-corrected chi connectivity index (χ3v) is 3.24. The first-order valence-corrected chi connectivity index (χ1v) is 6.35. The summed E-state index contributed by atoms with van der Waals surface area (Å²) < 4.78 is 0.990. The zero-order chi connectivity index (χ0) is 12.3. The molecule has 3 nitrogen and oxygen atoms in total. The summed E-state index contributed by atoms with van der Waals surface area (Å²) in [7, 11) is 0. The monoisotopic (exact) mass is 295 g/mol. The number of rotatable bonds is 2. The molecule has 4 heteroatoms. The summed E-state index contributed by atoms with van der Waals surface area (Å²) in [6, 6.07) is 7.75. The van der Waals surface area contributed by atoms with E-state index in [1.807, 2.05) is 24.3 Å². The number of hydrogen-bond acceptors (Lipinski definition) is 2. The Morgan fingerprint density at radius 3 is 3.00 bits per heavy atom. The van der Waals surface area contributed by atoms with Gasteiger partial charge in [0.15, 0.2) is 0 Å². The van der Waals surface area contributed by atoms with Crippen LogP contribution in [0.25, 0.3) is 6.08 Å². The van der Waals surface area contributed by atoms with Gasteiger partial charge < -0.3 is 10.0 Å². The number of halogens is 1. The Morgan fingerprint density at radius 2 is 2.35 bits per heavy atom. The number of amides is 1. The van der Waals surface area contributed by atoms with Crippen molar-refractivity contribution in [3.05, 3.63) is 40.4 Å². The zero-order valence-corrected chi connectivity index (χ0v) is 10.9. The van der Waals surface area contributed by atoms with E-state index in [0.717, 1.165) is 10.0 Å². The number of hydrogen-bond donors (Lipinski definition) is 1. The first-order chi connectivity index (χ1) is 8.15. The van der Waals surface area contributed by atoms with E-state index >= 15 is 0 Å². The Kier molecular flexibility index (Phi) is 3.97. The van der Waals surface area contributed by atoms with E-state index in [0.29, 0.717) is 19.5 Å². The molecule has 1 fully saturated rings. The van der Waals surface area contributed by atoms with E-state index in [1.165, 1.54) is 0 Å². The lowest BCUT2D eigenvalue weighted by molar-refractivity contribution is -0.125. The van der Waals surface area contributed by atoms with Crippen LogP contribution in [0.15, 0.2) is 34.8 Å². The lowest BCUT2D eigenvalue weighted by atomic mass is 10.2. The summed E-state index contributed by atoms with van der Waals surface area (Å²) in [6.45, 7) is 1.09. The normalized spacial score (nSPS) is 20.1. The maximum Gasteiger partial charge on any atom is 0.246 e. The predicted octanol–water partition coefficient (Wildman–Crippen LogP) is 2.06. The van der Waals surface area contributed by atoms with Gasteiger partial charge in [-0.15, -0.1) is 0 Å². The highest BCUT2D eigenvalue weighted by molar-refractivity contribution is 9.10. The second kappa shape index (κ2) is 5.47. The number of carbonyl (C=O) groups is 1. The molecule has 0 unspecified atom stereocenters. The molecule has 1 atom stereocenters. The number of carbonyl (C=O) groups excluding carboxylic acids is 1. The van der Waals surface area contributed by atoms with E-state index in [9.17, 15) is 9.90 Å². The first kappa shape index (κ1) is 12.3. The molecular weight excluding hydrogens is 282 g/mol. The van der Waals surface area contributed by atoms with Crippen molar-refractivity contribution < 1.29 is 9.90 Å². The highest BCUT2D eigenvalue weighted by Gasteiger charge is 2.22. The molecule has 0 aromatic heterocycles. The summed E-state index contributed by atoms with van der Waals surface area (Å²) in [5, 5.41) is 9.35. The Labute approximate surface area is 109 Å². The van der Waals surface area contributed by atoms with Crippen molar-refractivity contribution in [1.82, 2.24) is 4.90 Å². The van der Waals surface area contributed by atoms with E-state index in [1.54, 1.807) is 17.1 Å². The van der Waals surface area contributed by atoms with Crippen molar-refractivity contribution in [3.8, 4) is 0 Å². The number of aliphatic hydroxyl groups excluding tert-OH is 1. The van der Waals surface area contributed by atoms with Gasteiger partial charge >= 0.3 is 0 Å². The summed E-state index contributed by atoms with van der Waals surface area (Å²) in [5.74, 6) is -0.0403. The van der Waals surface area contributed by atoms with Crippen LogP contribution in [0.5, 0.6) is 0 Å². The fourth-order valence-electron chi connectivity index (χ4n) is 1.83. The van der Waals surface area contributed by atoms with Crippen LogP contribution >= 0.6 is 15.9 Å². The van der Waals surface area contributed by atoms with E-state index in [2.05, 4.69) is 15.9 Å². The maximum absolute atomic E-state index is 11.8. The average Bonchev–Trinajstić information content (AvgIpc) is 2.73. The van der Waals surface area contributed by atoms with Crippen LogP contribution < -0.4 is 0 Å². The van der Waals surface area contributed by atoms with Crippen molar-refractivity contribution in [2.75, 3.05) is 13.1 Å². The Bertz CT molecular complexity index is 445. The lowest BCUT2D eigenvalue weighted by Gasteiger charge is -2.12. The van der Waals surface area contributed by atoms with Gasteiger partial charge in [-0.1, -0.05) is 28.1 Å². The Balaban J connectivity index is 1.98. The molecule has 1 saturated heterocycles. The molecule has 1 amide bonds. The molecule has 1 aliphatic heterocycles. The number of likely N-dealkylation sites (tertiary alicyclic amines) is 1. The second-order valence-electron chi connectivity index (χ2n) is 4.12. The van der Waals surface area contributed by atoms with Crippen molar-refractivity contribution in [2.45, 2.75) is 12.5 Å². The van der Waals surface area contributed by atoms with Gasteiger partial charge in [0.2, 0.25) is 5.91 Å². The SMILES string of the molecule is O=C(C=Cc1cccc(Br)c1)N1CC[C@@H](O)C1. The minimum Gasteiger partial charge on any atom is -0.391 e. The highest BCUT2D eigenvalue weighted by Crippen LogP contribution is 2.14. The molecule has 1 heterocycles. The molecule has 1 aromatic carbocycles. The van der Waals surface area contributed by atoms with Gasteiger partial charge in [0.05, 0.1) is 6.10 Å². The molecule has 0 bridgehead atoms. The van der Waals surface area contributed by atoms with Gasteiger partial charge in [-0.3, -0.25) is 4.79 Å². The minimum absolute atomic E-state index is 0.0403. The molecule has 0 radical (unpaired) electrons. The quantitative estimate of drug-likeness (QED) is 0.849. The van der Waals surface area contributed by atoms with Crippen LogP contribution in [0.3, 0.4) is 0 Å². The van der Waals surface area contributed by atoms with Crippen LogP contribution in [-0.2, 0) is 4.79 Å². The molecule has 0 aliphatic carbocycles. The molecule has 1 aromatic rings. The van der Waals surface area contributed by atoms with E-state index in [-0.39, 0.29) is 12.0 Å². The van der Waals surface area contributed by atoms with Crippen LogP contribution in [0, 0.1) is 0 Å². The molecule has 2 rings (SSSR count). The fourth-order valence-corrected chi connectivity index (χ4v) is 2.24. The number of aliphatic hydroxyl groups is 1. The number of β-amino-alcohol motifs (C(OH)–C–C–N with tert-alkyl or cyclic N) is 1. The molecule has 1 N–H and O–H groups in total. The molecular formula is C13H14BrNO2. The third-order valence-electron chi connectivity index (χ3n) is 2.74. The number of benzene rings is 1. The van der Waals surface area contributed by atoms with Gasteiger partial charge in [-0.25, -0.2) is 0 Å². The third kappa shape index (κ3) is 3.41. The van der Waals surface area contributed by atoms with Gasteiger partial charge in [-0.2, -0.15) is 0 Å². The molecule has 17 heavy (non-hydrogen) atoms. The second-order valence-corrected chi connectivity index (χ2v) is 5.03. The predicted molar refractivity (Wildman–Crippen MR) is 70.4 cm³/mol. The van der Waals surface area contributed by atoms with Gasteiger partial charge in [0.1, 0.15) is 0 Å². The summed E-state index contributed by atoms with van der Waals surface area (Å²) >= 11 is 3.38. The molecule has 0 spiro atoms. The smallest absolute Gasteiger partial charge is 0.246 e. The Hall–Kier alpha value is -1.13. The van der Waals surface area contributed by atoms with E-state index in [4.69, 9.17) is 0 Å². The van der Waals surface area contributed by atoms with Gasteiger partial charge in [0, 0.05) is 23.6 Å². The average molecular weight is 296 g/mol. The highest BCUT2D eigenvalue weighted by atomic mass is 79.9. The summed E-state index contributed by atoms with van der Waals surface area (Å²) in [5.41, 5.74) is 0.979. The van der Waals surface area contributed by atoms with Crippen molar-refractivity contribution in [3.63, 3.8) is 0 Å². The van der Waals surface area contributed by atoms with Crippen LogP contribution in [0.1, 0.15) is 12.0 Å². The topological polar surface area (TPSA) is 40.5 Å². The van der Waals surface area contributed by atoms with E-state index < -0.39 is 0 Å². The first-order valence-electron chi connectivity index (χ1n) is 5.56. The van der Waals surface area contributed by atoms with Crippen LogP contribution in [0.2, 0.25) is 0 Å². The Morgan fingerprint density at radius 1 is 1.53 bits per heavy atom. The largest absolute Gasteiger partial charge is 0.391 e. The molecule has 1 aliphatic rings. The van der Waals surface area contributed by atoms with Gasteiger partial charge in [-0.05, 0) is 30.2 Å². The maximum atomic E-state index is 11.8. The van der Waals surface area contributed by atoms with Gasteiger partial charge in [0.25, 0.3) is 0 Å². The lowest BCUT2D eigenvalue weighted by Crippen LogP contribution is -2.27. The molecule has 90 valence electrons. The van der Waals surface area contributed by atoms with Crippen molar-refractivity contribution >= 4 is 27.9 Å². The summed E-state index contributed by atoms with van der Waals surface area (Å²) in [4.78, 5) is 13.4.